The zero-order chi connectivity index (χ0) is 15.4. The minimum absolute atomic E-state index is 0.232. The fourth-order valence-corrected chi connectivity index (χ4v) is 2.95. The van der Waals surface area contributed by atoms with Crippen molar-refractivity contribution < 1.29 is 4.79 Å². The van der Waals surface area contributed by atoms with Crippen LogP contribution in [-0.2, 0) is 0 Å². The first kappa shape index (κ1) is 14.3. The summed E-state index contributed by atoms with van der Waals surface area (Å²) in [6.45, 7) is 2.46. The number of anilines is 3. The smallest absolute Gasteiger partial charge is 0.321 e. The summed E-state index contributed by atoms with van der Waals surface area (Å²) in [5.41, 5.74) is 2.90. The molecule has 1 heterocycles. The van der Waals surface area contributed by atoms with Gasteiger partial charge < -0.3 is 10.6 Å². The Morgan fingerprint density at radius 3 is 2.73 bits per heavy atom. The van der Waals surface area contributed by atoms with Crippen molar-refractivity contribution in [3.05, 3.63) is 48.5 Å². The zero-order valence-corrected chi connectivity index (χ0v) is 12.9. The Balaban J connectivity index is 1.79. The van der Waals surface area contributed by atoms with Crippen LogP contribution in [0.2, 0.25) is 0 Å². The van der Waals surface area contributed by atoms with E-state index in [-0.39, 0.29) is 6.03 Å². The number of aromatic nitrogens is 1. The van der Waals surface area contributed by atoms with Crippen LogP contribution in [0.4, 0.5) is 21.3 Å². The third-order valence-corrected chi connectivity index (χ3v) is 3.94. The lowest BCUT2D eigenvalue weighted by Gasteiger charge is -2.05. The van der Waals surface area contributed by atoms with Gasteiger partial charge in [0.05, 0.1) is 10.2 Å². The third kappa shape index (κ3) is 3.35. The standard InChI is InChI=1S/C16H16N4OS/c1-2-17-15(21)20-16-19-13-9-8-12(10-14(13)22-16)18-11-6-4-3-5-7-11/h3-10,18H,2H2,1H3,(H2,17,19,20,21). The number of thiazole rings is 1. The molecule has 0 fully saturated rings. The van der Waals surface area contributed by atoms with Crippen LogP contribution < -0.4 is 16.0 Å². The summed E-state index contributed by atoms with van der Waals surface area (Å²) in [5, 5.41) is 9.37. The van der Waals surface area contributed by atoms with E-state index in [4.69, 9.17) is 0 Å². The van der Waals surface area contributed by atoms with Gasteiger partial charge >= 0.3 is 6.03 Å². The summed E-state index contributed by atoms with van der Waals surface area (Å²) in [7, 11) is 0. The highest BCUT2D eigenvalue weighted by Gasteiger charge is 2.07. The molecule has 0 aliphatic carbocycles. The van der Waals surface area contributed by atoms with Crippen LogP contribution in [0.25, 0.3) is 10.2 Å². The van der Waals surface area contributed by atoms with E-state index in [1.165, 1.54) is 11.3 Å². The summed E-state index contributed by atoms with van der Waals surface area (Å²) in [5.74, 6) is 0. The Bertz CT molecular complexity index is 785. The molecule has 1 aromatic heterocycles. The van der Waals surface area contributed by atoms with Crippen molar-refractivity contribution in [3.63, 3.8) is 0 Å². The number of para-hydroxylation sites is 1. The molecule has 2 amide bonds. The number of amides is 2. The van der Waals surface area contributed by atoms with Crippen LogP contribution >= 0.6 is 11.3 Å². The number of nitrogens with zero attached hydrogens (tertiary/aromatic N) is 1. The second kappa shape index (κ2) is 6.44. The molecule has 5 nitrogen and oxygen atoms in total. The Morgan fingerprint density at radius 2 is 1.95 bits per heavy atom. The maximum Gasteiger partial charge on any atom is 0.321 e. The fourth-order valence-electron chi connectivity index (χ4n) is 2.05. The van der Waals surface area contributed by atoms with Crippen molar-refractivity contribution in [2.75, 3.05) is 17.2 Å². The highest BCUT2D eigenvalue weighted by Crippen LogP contribution is 2.29. The lowest BCUT2D eigenvalue weighted by molar-refractivity contribution is 0.252. The maximum absolute atomic E-state index is 11.5. The molecule has 22 heavy (non-hydrogen) atoms. The fraction of sp³-hybridized carbons (Fsp3) is 0.125. The molecule has 3 rings (SSSR count). The van der Waals surface area contributed by atoms with E-state index >= 15 is 0 Å². The molecule has 0 spiro atoms. The number of hydrogen-bond acceptors (Lipinski definition) is 4. The molecule has 0 bridgehead atoms. The zero-order valence-electron chi connectivity index (χ0n) is 12.1. The minimum atomic E-state index is -0.232. The quantitative estimate of drug-likeness (QED) is 0.677. The van der Waals surface area contributed by atoms with Gasteiger partial charge in [0.2, 0.25) is 0 Å². The molecule has 0 atom stereocenters. The lowest BCUT2D eigenvalue weighted by atomic mass is 10.2. The lowest BCUT2D eigenvalue weighted by Crippen LogP contribution is -2.28. The predicted molar refractivity (Wildman–Crippen MR) is 92.0 cm³/mol. The van der Waals surface area contributed by atoms with Gasteiger partial charge in [0.25, 0.3) is 0 Å². The summed E-state index contributed by atoms with van der Waals surface area (Å²) in [6, 6.07) is 15.7. The maximum atomic E-state index is 11.5. The number of carbonyl (C=O) groups is 1. The second-order valence-corrected chi connectivity index (χ2v) is 5.71. The molecule has 0 unspecified atom stereocenters. The molecule has 0 saturated heterocycles. The largest absolute Gasteiger partial charge is 0.355 e. The first-order chi connectivity index (χ1) is 10.7. The molecule has 0 radical (unpaired) electrons. The number of fused-ring (bicyclic) bond motifs is 1. The Hall–Kier alpha value is -2.60. The van der Waals surface area contributed by atoms with Crippen LogP contribution in [-0.4, -0.2) is 17.6 Å². The van der Waals surface area contributed by atoms with Crippen molar-refractivity contribution in [1.82, 2.24) is 10.3 Å². The Labute approximate surface area is 132 Å². The molecule has 3 aromatic rings. The minimum Gasteiger partial charge on any atom is -0.355 e. The number of benzene rings is 2. The van der Waals surface area contributed by atoms with Gasteiger partial charge in [-0.25, -0.2) is 9.78 Å². The van der Waals surface area contributed by atoms with E-state index in [2.05, 4.69) is 20.9 Å². The highest BCUT2D eigenvalue weighted by molar-refractivity contribution is 7.22. The van der Waals surface area contributed by atoms with Crippen LogP contribution in [0.1, 0.15) is 6.92 Å². The van der Waals surface area contributed by atoms with Crippen LogP contribution in [0.3, 0.4) is 0 Å². The van der Waals surface area contributed by atoms with Gasteiger partial charge in [-0.05, 0) is 37.3 Å². The van der Waals surface area contributed by atoms with E-state index < -0.39 is 0 Å². The van der Waals surface area contributed by atoms with Crippen molar-refractivity contribution in [1.29, 1.82) is 0 Å². The van der Waals surface area contributed by atoms with E-state index in [0.717, 1.165) is 21.6 Å². The van der Waals surface area contributed by atoms with Crippen LogP contribution in [0, 0.1) is 0 Å². The molecular formula is C16H16N4OS. The van der Waals surface area contributed by atoms with Gasteiger partial charge in [0.15, 0.2) is 5.13 Å². The van der Waals surface area contributed by atoms with Crippen molar-refractivity contribution in [2.24, 2.45) is 0 Å². The van der Waals surface area contributed by atoms with Gasteiger partial charge in [0.1, 0.15) is 0 Å². The van der Waals surface area contributed by atoms with Crippen LogP contribution in [0.5, 0.6) is 0 Å². The van der Waals surface area contributed by atoms with Crippen LogP contribution in [0.15, 0.2) is 48.5 Å². The molecule has 0 saturated carbocycles. The Kier molecular flexibility index (Phi) is 4.20. The van der Waals surface area contributed by atoms with E-state index in [1.807, 2.05) is 55.5 Å². The van der Waals surface area contributed by atoms with E-state index in [1.54, 1.807) is 0 Å². The normalized spacial score (nSPS) is 10.4. The number of urea groups is 1. The number of nitrogens with one attached hydrogen (secondary N) is 3. The van der Waals surface area contributed by atoms with E-state index in [9.17, 15) is 4.79 Å². The molecule has 6 heteroatoms. The van der Waals surface area contributed by atoms with Gasteiger partial charge in [-0.3, -0.25) is 5.32 Å². The summed E-state index contributed by atoms with van der Waals surface area (Å²) < 4.78 is 1.02. The Morgan fingerprint density at radius 1 is 1.14 bits per heavy atom. The SMILES string of the molecule is CCNC(=O)Nc1nc2ccc(Nc3ccccc3)cc2s1. The predicted octanol–water partition coefficient (Wildman–Crippen LogP) is 4.18. The topological polar surface area (TPSA) is 66.0 Å². The van der Waals surface area contributed by atoms with Crippen molar-refractivity contribution in [2.45, 2.75) is 6.92 Å². The number of rotatable bonds is 4. The van der Waals surface area contributed by atoms with E-state index in [0.29, 0.717) is 11.7 Å². The molecular weight excluding hydrogens is 296 g/mol. The van der Waals surface area contributed by atoms with Crippen molar-refractivity contribution >= 4 is 44.1 Å². The average molecular weight is 312 g/mol. The first-order valence-electron chi connectivity index (χ1n) is 7.02. The van der Waals surface area contributed by atoms with Gasteiger partial charge in [-0.1, -0.05) is 29.5 Å². The monoisotopic (exact) mass is 312 g/mol. The number of hydrogen-bond donors (Lipinski definition) is 3. The highest BCUT2D eigenvalue weighted by atomic mass is 32.1. The molecule has 2 aromatic carbocycles. The first-order valence-corrected chi connectivity index (χ1v) is 7.84. The van der Waals surface area contributed by atoms with Gasteiger partial charge in [-0.15, -0.1) is 0 Å². The molecule has 3 N–H and O–H groups in total. The summed E-state index contributed by atoms with van der Waals surface area (Å²) >= 11 is 1.45. The second-order valence-electron chi connectivity index (χ2n) is 4.68. The molecule has 0 aliphatic rings. The van der Waals surface area contributed by atoms with Crippen molar-refractivity contribution in [3.8, 4) is 0 Å². The average Bonchev–Trinajstić information content (AvgIpc) is 2.90. The molecule has 0 aliphatic heterocycles. The van der Waals surface area contributed by atoms with Gasteiger partial charge in [-0.2, -0.15) is 0 Å². The summed E-state index contributed by atoms with van der Waals surface area (Å²) in [6.07, 6.45) is 0. The summed E-state index contributed by atoms with van der Waals surface area (Å²) in [4.78, 5) is 15.9. The molecule has 112 valence electrons. The third-order valence-electron chi connectivity index (χ3n) is 3.01. The van der Waals surface area contributed by atoms with Gasteiger partial charge in [0, 0.05) is 17.9 Å². The number of carbonyl (C=O) groups excluding carboxylic acids is 1.